The molecule has 0 rings (SSSR count). The lowest BCUT2D eigenvalue weighted by atomic mass is 10.1. The molecule has 0 radical (unpaired) electrons. The predicted octanol–water partition coefficient (Wildman–Crippen LogP) is 18.5. The van der Waals surface area contributed by atoms with Gasteiger partial charge in [-0.3, -0.25) is 14.4 Å². The van der Waals surface area contributed by atoms with Crippen LogP contribution in [0.15, 0.2) is 182 Å². The monoisotopic (exact) mass is 973 g/mol. The van der Waals surface area contributed by atoms with E-state index in [2.05, 4.69) is 179 Å². The molecule has 0 aromatic carbocycles. The number of rotatable bonds is 46. The van der Waals surface area contributed by atoms with Crippen molar-refractivity contribution in [1.82, 2.24) is 0 Å². The van der Waals surface area contributed by atoms with Crippen molar-refractivity contribution >= 4 is 17.9 Å². The number of ether oxygens (including phenoxy) is 3. The molecular formula is C65H96O6. The molecule has 0 saturated carbocycles. The van der Waals surface area contributed by atoms with Crippen molar-refractivity contribution in [2.24, 2.45) is 0 Å². The Balaban J connectivity index is 4.72. The topological polar surface area (TPSA) is 78.9 Å². The maximum absolute atomic E-state index is 12.8. The maximum Gasteiger partial charge on any atom is 0.306 e. The highest BCUT2D eigenvalue weighted by molar-refractivity contribution is 5.71. The van der Waals surface area contributed by atoms with Crippen LogP contribution in [0.1, 0.15) is 188 Å². The number of hydrogen-bond acceptors (Lipinski definition) is 6. The molecule has 0 aromatic rings. The summed E-state index contributed by atoms with van der Waals surface area (Å²) in [6.45, 7) is 6.19. The summed E-state index contributed by atoms with van der Waals surface area (Å²) in [5.41, 5.74) is 0. The van der Waals surface area contributed by atoms with Crippen LogP contribution in [0.2, 0.25) is 0 Å². The van der Waals surface area contributed by atoms with Crippen molar-refractivity contribution < 1.29 is 28.6 Å². The normalized spacial score (nSPS) is 13.6. The van der Waals surface area contributed by atoms with Gasteiger partial charge in [-0.25, -0.2) is 0 Å². The van der Waals surface area contributed by atoms with Gasteiger partial charge in [-0.15, -0.1) is 0 Å². The predicted molar refractivity (Wildman–Crippen MR) is 306 cm³/mol. The van der Waals surface area contributed by atoms with Crippen molar-refractivity contribution in [2.45, 2.75) is 194 Å². The molecule has 6 nitrogen and oxygen atoms in total. The molecule has 0 saturated heterocycles. The zero-order valence-electron chi connectivity index (χ0n) is 44.6. The van der Waals surface area contributed by atoms with Crippen LogP contribution in [0.25, 0.3) is 0 Å². The Morgan fingerprint density at radius 2 is 0.563 bits per heavy atom. The van der Waals surface area contributed by atoms with E-state index in [-0.39, 0.29) is 38.4 Å². The first-order valence-electron chi connectivity index (χ1n) is 27.3. The number of esters is 3. The Labute approximate surface area is 434 Å². The van der Waals surface area contributed by atoms with E-state index in [1.165, 1.54) is 19.3 Å². The smallest absolute Gasteiger partial charge is 0.306 e. The molecule has 0 bridgehead atoms. The Morgan fingerprint density at radius 1 is 0.296 bits per heavy atom. The molecule has 0 unspecified atom stereocenters. The number of hydrogen-bond donors (Lipinski definition) is 0. The third-order valence-electron chi connectivity index (χ3n) is 10.4. The number of carbonyl (C=O) groups excluding carboxylic acids is 3. The molecule has 0 aliphatic carbocycles. The average Bonchev–Trinajstić information content (AvgIpc) is 3.37. The van der Waals surface area contributed by atoms with Gasteiger partial charge in [0, 0.05) is 19.3 Å². The minimum atomic E-state index is -0.876. The summed E-state index contributed by atoms with van der Waals surface area (Å²) >= 11 is 0. The largest absolute Gasteiger partial charge is 0.462 e. The highest BCUT2D eigenvalue weighted by Crippen LogP contribution is 2.08. The van der Waals surface area contributed by atoms with Crippen molar-refractivity contribution in [2.75, 3.05) is 13.2 Å². The lowest BCUT2D eigenvalue weighted by Crippen LogP contribution is -2.30. The molecule has 0 spiro atoms. The first-order chi connectivity index (χ1) is 35.0. The summed E-state index contributed by atoms with van der Waals surface area (Å²) in [7, 11) is 0. The molecule has 0 aliphatic heterocycles. The van der Waals surface area contributed by atoms with Gasteiger partial charge in [0.1, 0.15) is 13.2 Å². The highest BCUT2D eigenvalue weighted by atomic mass is 16.6. The molecule has 0 N–H and O–H groups in total. The summed E-state index contributed by atoms with van der Waals surface area (Å²) in [4.78, 5) is 38.0. The van der Waals surface area contributed by atoms with Crippen LogP contribution < -0.4 is 0 Å². The summed E-state index contributed by atoms with van der Waals surface area (Å²) in [5.74, 6) is -1.18. The van der Waals surface area contributed by atoms with Crippen LogP contribution in [0.5, 0.6) is 0 Å². The minimum absolute atomic E-state index is 0.162. The molecule has 6 heteroatoms. The van der Waals surface area contributed by atoms with Gasteiger partial charge >= 0.3 is 17.9 Å². The van der Waals surface area contributed by atoms with E-state index in [0.717, 1.165) is 109 Å². The van der Waals surface area contributed by atoms with Gasteiger partial charge in [-0.2, -0.15) is 0 Å². The summed E-state index contributed by atoms with van der Waals surface area (Å²) in [5, 5.41) is 0. The molecule has 0 aromatic heterocycles. The molecule has 0 aliphatic rings. The lowest BCUT2D eigenvalue weighted by Gasteiger charge is -2.18. The van der Waals surface area contributed by atoms with Crippen LogP contribution in [0, 0.1) is 0 Å². The lowest BCUT2D eigenvalue weighted by molar-refractivity contribution is -0.166. The third-order valence-corrected chi connectivity index (χ3v) is 10.4. The van der Waals surface area contributed by atoms with Gasteiger partial charge in [-0.1, -0.05) is 216 Å². The molecule has 0 amide bonds. The Morgan fingerprint density at radius 3 is 0.887 bits per heavy atom. The van der Waals surface area contributed by atoms with E-state index in [9.17, 15) is 14.4 Å². The van der Waals surface area contributed by atoms with E-state index in [0.29, 0.717) is 19.3 Å². The van der Waals surface area contributed by atoms with E-state index >= 15 is 0 Å². The maximum atomic E-state index is 12.8. The van der Waals surface area contributed by atoms with Crippen molar-refractivity contribution in [3.8, 4) is 0 Å². The average molecular weight is 973 g/mol. The zero-order valence-corrected chi connectivity index (χ0v) is 44.6. The standard InChI is InChI=1S/C65H96O6/c1-4-7-10-13-16-19-22-25-28-30-32-34-37-40-43-46-49-52-55-58-64(67)70-61-62(60-69-63(66)57-54-51-48-45-42-39-36-27-24-21-18-15-12-9-6-3)71-65(68)59-56-53-50-47-44-41-38-35-33-31-29-26-23-20-17-14-11-8-5-2/h7-8,10-11,16-21,25-29,32-36,40-45,49-50,52-53,62H,4-6,9,12-15,22-24,30-31,37-39,46-48,51,54-61H2,1-3H3/b10-7-,11-8-,19-16-,20-17-,21-18-,28-25-,29-26-,34-32-,35-33-,36-27-,43-40-,44-41-,45-42-,52-49-,53-50-/t62-/m1/s1. The van der Waals surface area contributed by atoms with E-state index in [1.807, 2.05) is 24.3 Å². The van der Waals surface area contributed by atoms with Gasteiger partial charge < -0.3 is 14.2 Å². The molecule has 392 valence electrons. The van der Waals surface area contributed by atoms with Crippen molar-refractivity contribution in [3.63, 3.8) is 0 Å². The summed E-state index contributed by atoms with van der Waals surface area (Å²) in [6.07, 6.45) is 86.2. The Kier molecular flexibility index (Phi) is 52.7. The third kappa shape index (κ3) is 55.3. The summed E-state index contributed by atoms with van der Waals surface area (Å²) < 4.78 is 16.6. The quantitative estimate of drug-likeness (QED) is 0.0262. The van der Waals surface area contributed by atoms with Crippen LogP contribution in [0.3, 0.4) is 0 Å². The number of unbranched alkanes of at least 4 members (excludes halogenated alkanes) is 5. The molecule has 0 fully saturated rings. The molecule has 71 heavy (non-hydrogen) atoms. The van der Waals surface area contributed by atoms with Crippen LogP contribution in [0.4, 0.5) is 0 Å². The van der Waals surface area contributed by atoms with Gasteiger partial charge in [0.2, 0.25) is 0 Å². The summed E-state index contributed by atoms with van der Waals surface area (Å²) in [6, 6.07) is 0. The molecular weight excluding hydrogens is 877 g/mol. The first-order valence-corrected chi connectivity index (χ1v) is 27.3. The van der Waals surface area contributed by atoms with Crippen molar-refractivity contribution in [3.05, 3.63) is 182 Å². The number of carbonyl (C=O) groups is 3. The molecule has 0 heterocycles. The van der Waals surface area contributed by atoms with Gasteiger partial charge in [-0.05, 0) is 135 Å². The second-order valence-electron chi connectivity index (χ2n) is 17.0. The van der Waals surface area contributed by atoms with E-state index in [1.54, 1.807) is 0 Å². The first kappa shape index (κ1) is 65.5. The Hall–Kier alpha value is -5.49. The van der Waals surface area contributed by atoms with Crippen molar-refractivity contribution in [1.29, 1.82) is 0 Å². The SMILES string of the molecule is CC/C=C\C/C=C\C/C=C\C/C=C\C/C=C\C/C=C\CCC(=O)OC[C@@H](COC(=O)CCCC/C=C\C/C=C\C/C=C\CCCCC)OC(=O)CC/C=C\C/C=C\C/C=C\C/C=C\C/C=C\C/C=C\CC. The zero-order chi connectivity index (χ0) is 51.4. The van der Waals surface area contributed by atoms with Crippen LogP contribution in [-0.4, -0.2) is 37.2 Å². The second kappa shape index (κ2) is 57.1. The molecule has 1 atom stereocenters. The van der Waals surface area contributed by atoms with Crippen LogP contribution >= 0.6 is 0 Å². The fourth-order valence-corrected chi connectivity index (χ4v) is 6.38. The van der Waals surface area contributed by atoms with Gasteiger partial charge in [0.05, 0.1) is 0 Å². The minimum Gasteiger partial charge on any atom is -0.462 e. The van der Waals surface area contributed by atoms with E-state index < -0.39 is 18.0 Å². The van der Waals surface area contributed by atoms with Gasteiger partial charge in [0.15, 0.2) is 6.10 Å². The highest BCUT2D eigenvalue weighted by Gasteiger charge is 2.19. The van der Waals surface area contributed by atoms with E-state index in [4.69, 9.17) is 14.2 Å². The van der Waals surface area contributed by atoms with Crippen LogP contribution in [-0.2, 0) is 28.6 Å². The second-order valence-corrected chi connectivity index (χ2v) is 17.0. The Bertz CT molecular complexity index is 1730. The van der Waals surface area contributed by atoms with Gasteiger partial charge in [0.25, 0.3) is 0 Å². The fourth-order valence-electron chi connectivity index (χ4n) is 6.38. The number of allylic oxidation sites excluding steroid dienone is 30. The fraction of sp³-hybridized carbons (Fsp3) is 0.492.